The van der Waals surface area contributed by atoms with Gasteiger partial charge in [0.1, 0.15) is 0 Å². The molecule has 1 heteroatoms. The van der Waals surface area contributed by atoms with Crippen LogP contribution in [0, 0.1) is 5.92 Å². The SMILES string of the molecule is c1ccc(C2CCC3CCCCC3N2)cc1. The van der Waals surface area contributed by atoms with Crippen LogP contribution >= 0.6 is 0 Å². The molecule has 16 heavy (non-hydrogen) atoms. The maximum Gasteiger partial charge on any atom is 0.0322 e. The molecular formula is C15H21N. The van der Waals surface area contributed by atoms with Crippen LogP contribution in [0.15, 0.2) is 30.3 Å². The lowest BCUT2D eigenvalue weighted by molar-refractivity contribution is 0.177. The summed E-state index contributed by atoms with van der Waals surface area (Å²) in [5.74, 6) is 0.966. The molecule has 0 bridgehead atoms. The van der Waals surface area contributed by atoms with E-state index in [2.05, 4.69) is 35.6 Å². The summed E-state index contributed by atoms with van der Waals surface area (Å²) in [6.45, 7) is 0. The van der Waals surface area contributed by atoms with Crippen LogP contribution in [0.3, 0.4) is 0 Å². The first-order chi connectivity index (χ1) is 7.93. The molecule has 0 amide bonds. The highest BCUT2D eigenvalue weighted by Gasteiger charge is 2.31. The van der Waals surface area contributed by atoms with Gasteiger partial charge in [-0.2, -0.15) is 0 Å². The van der Waals surface area contributed by atoms with Gasteiger partial charge in [-0.15, -0.1) is 0 Å². The number of hydrogen-bond donors (Lipinski definition) is 1. The van der Waals surface area contributed by atoms with Crippen molar-refractivity contribution in [2.45, 2.75) is 50.6 Å². The first kappa shape index (κ1) is 10.3. The van der Waals surface area contributed by atoms with Crippen LogP contribution in [0.4, 0.5) is 0 Å². The van der Waals surface area contributed by atoms with Gasteiger partial charge in [0.2, 0.25) is 0 Å². The van der Waals surface area contributed by atoms with E-state index in [1.54, 1.807) is 0 Å². The first-order valence-corrected chi connectivity index (χ1v) is 6.74. The van der Waals surface area contributed by atoms with Crippen molar-refractivity contribution in [1.82, 2.24) is 5.32 Å². The predicted molar refractivity (Wildman–Crippen MR) is 67.3 cm³/mol. The van der Waals surface area contributed by atoms with Crippen LogP contribution in [-0.2, 0) is 0 Å². The lowest BCUT2D eigenvalue weighted by Crippen LogP contribution is -2.44. The maximum atomic E-state index is 3.87. The smallest absolute Gasteiger partial charge is 0.0322 e. The van der Waals surface area contributed by atoms with Gasteiger partial charge in [-0.1, -0.05) is 43.2 Å². The summed E-state index contributed by atoms with van der Waals surface area (Å²) in [7, 11) is 0. The third kappa shape index (κ3) is 2.01. The second-order valence-electron chi connectivity index (χ2n) is 5.36. The lowest BCUT2D eigenvalue weighted by Gasteiger charge is -2.40. The Kier molecular flexibility index (Phi) is 2.96. The van der Waals surface area contributed by atoms with Crippen molar-refractivity contribution in [3.8, 4) is 0 Å². The minimum absolute atomic E-state index is 0.612. The summed E-state index contributed by atoms with van der Waals surface area (Å²) in [6.07, 6.45) is 8.49. The quantitative estimate of drug-likeness (QED) is 0.753. The van der Waals surface area contributed by atoms with Gasteiger partial charge in [0.25, 0.3) is 0 Å². The van der Waals surface area contributed by atoms with Gasteiger partial charge >= 0.3 is 0 Å². The molecule has 0 radical (unpaired) electrons. The van der Waals surface area contributed by atoms with E-state index in [1.807, 2.05) is 0 Å². The predicted octanol–water partition coefficient (Wildman–Crippen LogP) is 3.67. The third-order valence-electron chi connectivity index (χ3n) is 4.35. The van der Waals surface area contributed by atoms with Gasteiger partial charge < -0.3 is 5.32 Å². The highest BCUT2D eigenvalue weighted by molar-refractivity contribution is 5.19. The third-order valence-corrected chi connectivity index (χ3v) is 4.35. The molecule has 0 spiro atoms. The second kappa shape index (κ2) is 4.58. The van der Waals surface area contributed by atoms with E-state index in [1.165, 1.54) is 44.1 Å². The van der Waals surface area contributed by atoms with Gasteiger partial charge in [-0.3, -0.25) is 0 Å². The minimum Gasteiger partial charge on any atom is -0.307 e. The number of hydrogen-bond acceptors (Lipinski definition) is 1. The molecule has 1 aromatic carbocycles. The number of fused-ring (bicyclic) bond motifs is 1. The molecule has 2 aliphatic rings. The summed E-state index contributed by atoms with van der Waals surface area (Å²) in [5, 5.41) is 3.87. The zero-order valence-corrected chi connectivity index (χ0v) is 9.86. The largest absolute Gasteiger partial charge is 0.307 e. The second-order valence-corrected chi connectivity index (χ2v) is 5.36. The Morgan fingerprint density at radius 3 is 2.56 bits per heavy atom. The molecule has 1 aromatic rings. The van der Waals surface area contributed by atoms with E-state index in [0.29, 0.717) is 6.04 Å². The molecule has 1 saturated heterocycles. The molecule has 1 nitrogen and oxygen atoms in total. The van der Waals surface area contributed by atoms with Crippen molar-refractivity contribution in [1.29, 1.82) is 0 Å². The zero-order valence-electron chi connectivity index (χ0n) is 9.86. The lowest BCUT2D eigenvalue weighted by atomic mass is 9.77. The monoisotopic (exact) mass is 215 g/mol. The van der Waals surface area contributed by atoms with Gasteiger partial charge in [0, 0.05) is 12.1 Å². The average Bonchev–Trinajstić information content (AvgIpc) is 2.39. The molecule has 1 aliphatic heterocycles. The molecule has 86 valence electrons. The van der Waals surface area contributed by atoms with Gasteiger partial charge in [-0.05, 0) is 37.2 Å². The first-order valence-electron chi connectivity index (χ1n) is 6.74. The topological polar surface area (TPSA) is 12.0 Å². The Balaban J connectivity index is 1.71. The molecule has 3 unspecified atom stereocenters. The Morgan fingerprint density at radius 2 is 1.69 bits per heavy atom. The van der Waals surface area contributed by atoms with E-state index in [9.17, 15) is 0 Å². The van der Waals surface area contributed by atoms with Crippen molar-refractivity contribution in [2.24, 2.45) is 5.92 Å². The molecule has 3 atom stereocenters. The van der Waals surface area contributed by atoms with E-state index in [4.69, 9.17) is 0 Å². The van der Waals surface area contributed by atoms with Gasteiger partial charge in [0.15, 0.2) is 0 Å². The normalized spacial score (nSPS) is 34.4. The fourth-order valence-corrected chi connectivity index (χ4v) is 3.44. The Morgan fingerprint density at radius 1 is 0.875 bits per heavy atom. The van der Waals surface area contributed by atoms with Crippen molar-refractivity contribution in [3.63, 3.8) is 0 Å². The van der Waals surface area contributed by atoms with Crippen molar-refractivity contribution < 1.29 is 0 Å². The summed E-state index contributed by atoms with van der Waals surface area (Å²) in [5.41, 5.74) is 1.48. The highest BCUT2D eigenvalue weighted by atomic mass is 15.0. The zero-order chi connectivity index (χ0) is 10.8. The fraction of sp³-hybridized carbons (Fsp3) is 0.600. The van der Waals surface area contributed by atoms with Crippen molar-refractivity contribution in [3.05, 3.63) is 35.9 Å². The van der Waals surface area contributed by atoms with Crippen LogP contribution in [0.5, 0.6) is 0 Å². The number of nitrogens with one attached hydrogen (secondary N) is 1. The van der Waals surface area contributed by atoms with Gasteiger partial charge in [-0.25, -0.2) is 0 Å². The molecular weight excluding hydrogens is 194 g/mol. The summed E-state index contributed by atoms with van der Waals surface area (Å²) >= 11 is 0. The number of benzene rings is 1. The molecule has 1 N–H and O–H groups in total. The highest BCUT2D eigenvalue weighted by Crippen LogP contribution is 2.36. The molecule has 2 fully saturated rings. The van der Waals surface area contributed by atoms with E-state index >= 15 is 0 Å². The van der Waals surface area contributed by atoms with E-state index in [-0.39, 0.29) is 0 Å². The minimum atomic E-state index is 0.612. The fourth-order valence-electron chi connectivity index (χ4n) is 3.44. The van der Waals surface area contributed by atoms with Crippen LogP contribution in [0.1, 0.15) is 50.1 Å². The van der Waals surface area contributed by atoms with Crippen LogP contribution in [0.2, 0.25) is 0 Å². The Bertz CT molecular complexity index is 333. The average molecular weight is 215 g/mol. The summed E-state index contributed by atoms with van der Waals surface area (Å²) in [6, 6.07) is 12.4. The van der Waals surface area contributed by atoms with Crippen LogP contribution < -0.4 is 5.32 Å². The molecule has 1 aliphatic carbocycles. The van der Waals surface area contributed by atoms with Gasteiger partial charge in [0.05, 0.1) is 0 Å². The summed E-state index contributed by atoms with van der Waals surface area (Å²) < 4.78 is 0. The van der Waals surface area contributed by atoms with E-state index < -0.39 is 0 Å². The van der Waals surface area contributed by atoms with Crippen molar-refractivity contribution >= 4 is 0 Å². The Labute approximate surface area is 98.3 Å². The van der Waals surface area contributed by atoms with Crippen LogP contribution in [0.25, 0.3) is 0 Å². The Hall–Kier alpha value is -0.820. The molecule has 0 aromatic heterocycles. The van der Waals surface area contributed by atoms with Crippen molar-refractivity contribution in [2.75, 3.05) is 0 Å². The summed E-state index contributed by atoms with van der Waals surface area (Å²) in [4.78, 5) is 0. The maximum absolute atomic E-state index is 3.87. The molecule has 1 saturated carbocycles. The standard InChI is InChI=1S/C15H21N/c1-2-6-12(7-3-1)15-11-10-13-8-4-5-9-14(13)16-15/h1-3,6-7,13-16H,4-5,8-11H2. The van der Waals surface area contributed by atoms with Crippen LogP contribution in [-0.4, -0.2) is 6.04 Å². The number of rotatable bonds is 1. The van der Waals surface area contributed by atoms with E-state index in [0.717, 1.165) is 12.0 Å². The molecule has 3 rings (SSSR count). The molecule has 1 heterocycles. The number of piperidine rings is 1.